The summed E-state index contributed by atoms with van der Waals surface area (Å²) in [6, 6.07) is 6.88. The normalized spacial score (nSPS) is 11.0. The highest BCUT2D eigenvalue weighted by Gasteiger charge is 2.14. The molecule has 0 unspecified atom stereocenters. The van der Waals surface area contributed by atoms with Gasteiger partial charge in [-0.1, -0.05) is 11.3 Å². The largest absolute Gasteiger partial charge is 0.478 e. The Hall–Kier alpha value is -2.70. The van der Waals surface area contributed by atoms with Crippen LogP contribution in [0.2, 0.25) is 0 Å². The van der Waals surface area contributed by atoms with Crippen LogP contribution in [0.25, 0.3) is 11.0 Å². The molecule has 2 heterocycles. The smallest absolute Gasteiger partial charge is 0.338 e. The highest BCUT2D eigenvalue weighted by atomic mass is 16.4. The van der Waals surface area contributed by atoms with Crippen molar-refractivity contribution < 1.29 is 9.90 Å². The number of fused-ring (bicyclic) bond motifs is 1. The summed E-state index contributed by atoms with van der Waals surface area (Å²) in [6.45, 7) is 0.459. The Morgan fingerprint density at radius 1 is 1.37 bits per heavy atom. The predicted octanol–water partition coefficient (Wildman–Crippen LogP) is 0.911. The van der Waals surface area contributed by atoms with Gasteiger partial charge in [0.2, 0.25) is 0 Å². The van der Waals surface area contributed by atoms with Crippen LogP contribution < -0.4 is 0 Å². The van der Waals surface area contributed by atoms with Crippen molar-refractivity contribution in [2.75, 3.05) is 0 Å². The summed E-state index contributed by atoms with van der Waals surface area (Å²) in [7, 11) is 1.84. The number of aromatic carboxylic acids is 1. The van der Waals surface area contributed by atoms with Gasteiger partial charge in [-0.3, -0.25) is 4.68 Å². The molecule has 96 valence electrons. The van der Waals surface area contributed by atoms with E-state index in [0.29, 0.717) is 17.6 Å². The van der Waals surface area contributed by atoms with Crippen molar-refractivity contribution in [2.24, 2.45) is 7.05 Å². The number of carboxylic acids is 1. The fraction of sp³-hybridized carbons (Fsp3) is 0.167. The third-order valence-electron chi connectivity index (χ3n) is 2.86. The number of rotatable bonds is 3. The zero-order valence-corrected chi connectivity index (χ0v) is 10.2. The minimum atomic E-state index is -1.00. The van der Waals surface area contributed by atoms with E-state index in [1.807, 2.05) is 19.3 Å². The Labute approximate surface area is 108 Å². The van der Waals surface area contributed by atoms with Crippen LogP contribution in [-0.4, -0.2) is 35.9 Å². The fourth-order valence-electron chi connectivity index (χ4n) is 1.98. The first-order valence-electron chi connectivity index (χ1n) is 5.69. The molecule has 1 aromatic carbocycles. The van der Waals surface area contributed by atoms with Crippen molar-refractivity contribution in [2.45, 2.75) is 6.54 Å². The quantitative estimate of drug-likeness (QED) is 0.753. The van der Waals surface area contributed by atoms with E-state index in [1.165, 1.54) is 6.07 Å². The number of hydrogen-bond acceptors (Lipinski definition) is 4. The lowest BCUT2D eigenvalue weighted by Crippen LogP contribution is -2.03. The molecular formula is C12H11N5O2. The second-order valence-corrected chi connectivity index (χ2v) is 4.21. The highest BCUT2D eigenvalue weighted by Crippen LogP contribution is 2.16. The molecule has 0 radical (unpaired) electrons. The van der Waals surface area contributed by atoms with E-state index < -0.39 is 5.97 Å². The molecule has 0 saturated carbocycles. The average Bonchev–Trinajstić information content (AvgIpc) is 2.97. The molecule has 0 atom stereocenters. The standard InChI is InChI=1S/C12H11N5O2/c1-16-6-5-8(14-16)7-17-10-4-2-3-9(12(18)19)11(10)13-15-17/h2-6H,7H2,1H3,(H,18,19). The topological polar surface area (TPSA) is 85.8 Å². The Balaban J connectivity index is 2.06. The Morgan fingerprint density at radius 3 is 2.89 bits per heavy atom. The molecule has 0 fully saturated rings. The van der Waals surface area contributed by atoms with Gasteiger partial charge in [0.25, 0.3) is 0 Å². The van der Waals surface area contributed by atoms with E-state index in [1.54, 1.807) is 21.5 Å². The van der Waals surface area contributed by atoms with E-state index in [2.05, 4.69) is 15.4 Å². The number of benzene rings is 1. The van der Waals surface area contributed by atoms with Crippen LogP contribution in [0, 0.1) is 0 Å². The Bertz CT molecular complexity index is 758. The number of carbonyl (C=O) groups is 1. The summed E-state index contributed by atoms with van der Waals surface area (Å²) in [4.78, 5) is 11.1. The van der Waals surface area contributed by atoms with Gasteiger partial charge in [0.15, 0.2) is 0 Å². The Kier molecular flexibility index (Phi) is 2.52. The molecule has 0 aliphatic heterocycles. The van der Waals surface area contributed by atoms with Crippen molar-refractivity contribution in [1.82, 2.24) is 24.8 Å². The molecule has 0 saturated heterocycles. The zero-order valence-electron chi connectivity index (χ0n) is 10.2. The highest BCUT2D eigenvalue weighted by molar-refractivity contribution is 6.00. The van der Waals surface area contributed by atoms with Gasteiger partial charge in [-0.2, -0.15) is 5.10 Å². The van der Waals surface area contributed by atoms with E-state index in [0.717, 1.165) is 5.69 Å². The summed E-state index contributed by atoms with van der Waals surface area (Å²) in [5.41, 5.74) is 2.08. The van der Waals surface area contributed by atoms with Crippen LogP contribution in [0.4, 0.5) is 0 Å². The minimum Gasteiger partial charge on any atom is -0.478 e. The molecule has 1 N–H and O–H groups in total. The van der Waals surface area contributed by atoms with Crippen LogP contribution in [0.5, 0.6) is 0 Å². The first-order chi connectivity index (χ1) is 9.15. The monoisotopic (exact) mass is 257 g/mol. The van der Waals surface area contributed by atoms with Crippen LogP contribution in [-0.2, 0) is 13.6 Å². The molecule has 7 nitrogen and oxygen atoms in total. The van der Waals surface area contributed by atoms with Gasteiger partial charge in [-0.25, -0.2) is 9.48 Å². The zero-order chi connectivity index (χ0) is 13.4. The molecule has 0 amide bonds. The number of carboxylic acid groups (broad SMARTS) is 1. The van der Waals surface area contributed by atoms with Gasteiger partial charge in [-0.15, -0.1) is 5.10 Å². The van der Waals surface area contributed by atoms with E-state index in [4.69, 9.17) is 5.11 Å². The molecule has 2 aromatic heterocycles. The van der Waals surface area contributed by atoms with Crippen molar-refractivity contribution in [3.05, 3.63) is 41.7 Å². The van der Waals surface area contributed by atoms with Gasteiger partial charge in [0.05, 0.1) is 23.3 Å². The number of nitrogens with zero attached hydrogens (tertiary/aromatic N) is 5. The molecule has 19 heavy (non-hydrogen) atoms. The number of aryl methyl sites for hydroxylation is 1. The summed E-state index contributed by atoms with van der Waals surface area (Å²) < 4.78 is 3.35. The van der Waals surface area contributed by atoms with E-state index in [-0.39, 0.29) is 5.56 Å². The van der Waals surface area contributed by atoms with Crippen molar-refractivity contribution in [3.8, 4) is 0 Å². The third-order valence-corrected chi connectivity index (χ3v) is 2.86. The number of hydrogen-bond donors (Lipinski definition) is 1. The molecule has 0 aliphatic rings. The molecule has 7 heteroatoms. The molecular weight excluding hydrogens is 246 g/mol. The first-order valence-corrected chi connectivity index (χ1v) is 5.69. The maximum absolute atomic E-state index is 11.1. The van der Waals surface area contributed by atoms with Gasteiger partial charge < -0.3 is 5.11 Å². The molecule has 0 aliphatic carbocycles. The fourth-order valence-corrected chi connectivity index (χ4v) is 1.98. The van der Waals surface area contributed by atoms with Crippen molar-refractivity contribution in [3.63, 3.8) is 0 Å². The maximum Gasteiger partial charge on any atom is 0.338 e. The second-order valence-electron chi connectivity index (χ2n) is 4.21. The van der Waals surface area contributed by atoms with Crippen LogP contribution in [0.3, 0.4) is 0 Å². The lowest BCUT2D eigenvalue weighted by Gasteiger charge is -2.00. The van der Waals surface area contributed by atoms with Gasteiger partial charge >= 0.3 is 5.97 Å². The second kappa shape index (κ2) is 4.20. The van der Waals surface area contributed by atoms with E-state index >= 15 is 0 Å². The summed E-state index contributed by atoms with van der Waals surface area (Å²) in [5, 5.41) is 21.3. The summed E-state index contributed by atoms with van der Waals surface area (Å²) in [6.07, 6.45) is 1.84. The lowest BCUT2D eigenvalue weighted by molar-refractivity contribution is 0.0699. The SMILES string of the molecule is Cn1ccc(Cn2nnc3c(C(=O)O)cccc32)n1. The first kappa shape index (κ1) is 11.4. The van der Waals surface area contributed by atoms with Crippen molar-refractivity contribution in [1.29, 1.82) is 0 Å². The average molecular weight is 257 g/mol. The van der Waals surface area contributed by atoms with Crippen molar-refractivity contribution >= 4 is 17.0 Å². The van der Waals surface area contributed by atoms with Gasteiger partial charge in [0.1, 0.15) is 5.52 Å². The summed E-state index contributed by atoms with van der Waals surface area (Å²) in [5.74, 6) is -1.00. The minimum absolute atomic E-state index is 0.157. The van der Waals surface area contributed by atoms with Gasteiger partial charge in [0, 0.05) is 13.2 Å². The molecule has 3 aromatic rings. The van der Waals surface area contributed by atoms with E-state index in [9.17, 15) is 4.79 Å². The molecule has 0 spiro atoms. The lowest BCUT2D eigenvalue weighted by atomic mass is 10.2. The predicted molar refractivity (Wildman–Crippen MR) is 66.8 cm³/mol. The molecule has 0 bridgehead atoms. The molecule has 3 rings (SSSR count). The van der Waals surface area contributed by atoms with Crippen LogP contribution in [0.15, 0.2) is 30.5 Å². The third kappa shape index (κ3) is 1.95. The summed E-state index contributed by atoms with van der Waals surface area (Å²) >= 11 is 0. The van der Waals surface area contributed by atoms with Crippen LogP contribution in [0.1, 0.15) is 16.1 Å². The van der Waals surface area contributed by atoms with Gasteiger partial charge in [-0.05, 0) is 18.2 Å². The maximum atomic E-state index is 11.1. The Morgan fingerprint density at radius 2 is 2.21 bits per heavy atom. The number of aromatic nitrogens is 5. The van der Waals surface area contributed by atoms with Crippen LogP contribution >= 0.6 is 0 Å².